The first-order valence-corrected chi connectivity index (χ1v) is 6.89. The van der Waals surface area contributed by atoms with Crippen molar-refractivity contribution in [2.24, 2.45) is 0 Å². The molecule has 5 heteroatoms. The van der Waals surface area contributed by atoms with E-state index < -0.39 is 0 Å². The maximum Gasteiger partial charge on any atom is 0.269 e. The van der Waals surface area contributed by atoms with Crippen LogP contribution in [0.3, 0.4) is 0 Å². The normalized spacial score (nSPS) is 19.7. The molecule has 0 amide bonds. The molecule has 0 saturated carbocycles. The Morgan fingerprint density at radius 3 is 2.79 bits per heavy atom. The van der Waals surface area contributed by atoms with Crippen molar-refractivity contribution < 1.29 is 4.92 Å². The van der Waals surface area contributed by atoms with E-state index in [1.807, 2.05) is 12.1 Å². The minimum atomic E-state index is -0.366. The lowest BCUT2D eigenvalue weighted by Crippen LogP contribution is -2.37. The number of hydrogen-bond donors (Lipinski definition) is 1. The van der Waals surface area contributed by atoms with E-state index in [0.717, 1.165) is 25.2 Å². The zero-order valence-electron chi connectivity index (χ0n) is 11.3. The highest BCUT2D eigenvalue weighted by Crippen LogP contribution is 2.16. The SMILES string of the molecule is CCN1CCC[C@H]1CNCc1ccc([N+](=O)[O-])cc1. The Labute approximate surface area is 113 Å². The Bertz CT molecular complexity index is 419. The van der Waals surface area contributed by atoms with Crippen LogP contribution in [0.4, 0.5) is 5.69 Å². The molecule has 0 radical (unpaired) electrons. The number of nitrogens with one attached hydrogen (secondary N) is 1. The van der Waals surface area contributed by atoms with Crippen molar-refractivity contribution in [2.45, 2.75) is 32.4 Å². The molecule has 0 aromatic heterocycles. The number of nitro benzene ring substituents is 1. The summed E-state index contributed by atoms with van der Waals surface area (Å²) in [7, 11) is 0. The van der Waals surface area contributed by atoms with Gasteiger partial charge < -0.3 is 5.32 Å². The summed E-state index contributed by atoms with van der Waals surface area (Å²) in [6.45, 7) is 6.29. The number of benzene rings is 1. The lowest BCUT2D eigenvalue weighted by atomic mass is 10.2. The Morgan fingerprint density at radius 2 is 2.16 bits per heavy atom. The topological polar surface area (TPSA) is 58.4 Å². The van der Waals surface area contributed by atoms with Crippen molar-refractivity contribution in [2.75, 3.05) is 19.6 Å². The Hall–Kier alpha value is -1.46. The van der Waals surface area contributed by atoms with Crippen LogP contribution in [0.25, 0.3) is 0 Å². The number of hydrogen-bond acceptors (Lipinski definition) is 4. The molecule has 1 atom stereocenters. The van der Waals surface area contributed by atoms with Gasteiger partial charge in [0.15, 0.2) is 0 Å². The van der Waals surface area contributed by atoms with Crippen molar-refractivity contribution >= 4 is 5.69 Å². The second-order valence-electron chi connectivity index (χ2n) is 4.98. The van der Waals surface area contributed by atoms with Crippen molar-refractivity contribution in [1.29, 1.82) is 0 Å². The maximum absolute atomic E-state index is 10.6. The summed E-state index contributed by atoms with van der Waals surface area (Å²) in [5, 5.41) is 14.0. The van der Waals surface area contributed by atoms with Gasteiger partial charge in [0.2, 0.25) is 0 Å². The molecule has 19 heavy (non-hydrogen) atoms. The Balaban J connectivity index is 1.77. The van der Waals surface area contributed by atoms with Gasteiger partial charge in [-0.25, -0.2) is 0 Å². The van der Waals surface area contributed by atoms with Gasteiger partial charge in [-0.1, -0.05) is 19.1 Å². The summed E-state index contributed by atoms with van der Waals surface area (Å²) >= 11 is 0. The van der Waals surface area contributed by atoms with E-state index in [-0.39, 0.29) is 10.6 Å². The fraction of sp³-hybridized carbons (Fsp3) is 0.571. The first-order chi connectivity index (χ1) is 9.20. The maximum atomic E-state index is 10.6. The van der Waals surface area contributed by atoms with Crippen LogP contribution in [0, 0.1) is 10.1 Å². The van der Waals surface area contributed by atoms with Crippen LogP contribution in [0.5, 0.6) is 0 Å². The van der Waals surface area contributed by atoms with Crippen molar-refractivity contribution in [1.82, 2.24) is 10.2 Å². The van der Waals surface area contributed by atoms with Gasteiger partial charge in [0.05, 0.1) is 4.92 Å². The van der Waals surface area contributed by atoms with Gasteiger partial charge in [0.25, 0.3) is 5.69 Å². The van der Waals surface area contributed by atoms with Crippen LogP contribution in [0.1, 0.15) is 25.3 Å². The molecule has 104 valence electrons. The van der Waals surface area contributed by atoms with Crippen LogP contribution >= 0.6 is 0 Å². The molecule has 1 saturated heterocycles. The largest absolute Gasteiger partial charge is 0.311 e. The molecular weight excluding hydrogens is 242 g/mol. The molecule has 1 aromatic carbocycles. The van der Waals surface area contributed by atoms with E-state index in [9.17, 15) is 10.1 Å². The number of nitrogens with zero attached hydrogens (tertiary/aromatic N) is 2. The average Bonchev–Trinajstić information content (AvgIpc) is 2.87. The van der Waals surface area contributed by atoms with E-state index in [2.05, 4.69) is 17.1 Å². The van der Waals surface area contributed by atoms with Crippen LogP contribution in [-0.2, 0) is 6.54 Å². The number of likely N-dealkylation sites (tertiary alicyclic amines) is 1. The molecule has 0 bridgehead atoms. The number of likely N-dealkylation sites (N-methyl/N-ethyl adjacent to an activating group) is 1. The van der Waals surface area contributed by atoms with Crippen molar-refractivity contribution in [3.63, 3.8) is 0 Å². The van der Waals surface area contributed by atoms with Crippen LogP contribution in [0.15, 0.2) is 24.3 Å². The smallest absolute Gasteiger partial charge is 0.269 e. The fourth-order valence-corrected chi connectivity index (χ4v) is 2.66. The first-order valence-electron chi connectivity index (χ1n) is 6.89. The van der Waals surface area contributed by atoms with Crippen LogP contribution in [0.2, 0.25) is 0 Å². The van der Waals surface area contributed by atoms with E-state index >= 15 is 0 Å². The summed E-state index contributed by atoms with van der Waals surface area (Å²) in [5.41, 5.74) is 1.24. The number of non-ortho nitro benzene ring substituents is 1. The third-order valence-electron chi connectivity index (χ3n) is 3.76. The monoisotopic (exact) mass is 263 g/mol. The molecule has 0 spiro atoms. The number of rotatable bonds is 6. The van der Waals surface area contributed by atoms with E-state index in [1.165, 1.54) is 19.4 Å². The van der Waals surface area contributed by atoms with Gasteiger partial charge in [-0.2, -0.15) is 0 Å². The Kier molecular flexibility index (Phi) is 4.87. The van der Waals surface area contributed by atoms with E-state index in [0.29, 0.717) is 6.04 Å². The standard InChI is InChI=1S/C14H21N3O2/c1-2-16-9-3-4-14(16)11-15-10-12-5-7-13(8-6-12)17(18)19/h5-8,14-15H,2-4,9-11H2,1H3/t14-/m0/s1. The highest BCUT2D eigenvalue weighted by atomic mass is 16.6. The van der Waals surface area contributed by atoms with Gasteiger partial charge >= 0.3 is 0 Å². The van der Waals surface area contributed by atoms with E-state index in [1.54, 1.807) is 12.1 Å². The molecule has 0 unspecified atom stereocenters. The first kappa shape index (κ1) is 14.0. The number of nitro groups is 1. The van der Waals surface area contributed by atoms with Gasteiger partial charge in [0.1, 0.15) is 0 Å². The molecule has 1 fully saturated rings. The highest BCUT2D eigenvalue weighted by Gasteiger charge is 2.21. The molecule has 1 aromatic rings. The molecular formula is C14H21N3O2. The summed E-state index contributed by atoms with van der Waals surface area (Å²) in [6.07, 6.45) is 2.55. The summed E-state index contributed by atoms with van der Waals surface area (Å²) in [4.78, 5) is 12.7. The molecule has 5 nitrogen and oxygen atoms in total. The van der Waals surface area contributed by atoms with Crippen molar-refractivity contribution in [3.05, 3.63) is 39.9 Å². The predicted molar refractivity (Wildman–Crippen MR) is 75.1 cm³/mol. The summed E-state index contributed by atoms with van der Waals surface area (Å²) in [5.74, 6) is 0. The lowest BCUT2D eigenvalue weighted by molar-refractivity contribution is -0.384. The Morgan fingerprint density at radius 1 is 1.42 bits per heavy atom. The third-order valence-corrected chi connectivity index (χ3v) is 3.76. The molecule has 1 aliphatic heterocycles. The van der Waals surface area contributed by atoms with Gasteiger partial charge in [0, 0.05) is 31.3 Å². The lowest BCUT2D eigenvalue weighted by Gasteiger charge is -2.22. The zero-order valence-corrected chi connectivity index (χ0v) is 11.3. The summed E-state index contributed by atoms with van der Waals surface area (Å²) in [6, 6.07) is 7.40. The highest BCUT2D eigenvalue weighted by molar-refractivity contribution is 5.32. The molecule has 0 aliphatic carbocycles. The molecule has 2 rings (SSSR count). The summed E-state index contributed by atoms with van der Waals surface area (Å²) < 4.78 is 0. The minimum absolute atomic E-state index is 0.150. The van der Waals surface area contributed by atoms with Gasteiger partial charge in [-0.05, 0) is 31.5 Å². The van der Waals surface area contributed by atoms with Gasteiger partial charge in [-0.3, -0.25) is 15.0 Å². The predicted octanol–water partition coefficient (Wildman–Crippen LogP) is 2.17. The quantitative estimate of drug-likeness (QED) is 0.631. The minimum Gasteiger partial charge on any atom is -0.311 e. The second-order valence-corrected chi connectivity index (χ2v) is 4.98. The van der Waals surface area contributed by atoms with E-state index in [4.69, 9.17) is 0 Å². The zero-order chi connectivity index (χ0) is 13.7. The van der Waals surface area contributed by atoms with Crippen molar-refractivity contribution in [3.8, 4) is 0 Å². The third kappa shape index (κ3) is 3.75. The molecule has 1 N–H and O–H groups in total. The van der Waals surface area contributed by atoms with Gasteiger partial charge in [-0.15, -0.1) is 0 Å². The average molecular weight is 263 g/mol. The fourth-order valence-electron chi connectivity index (χ4n) is 2.66. The molecule has 1 aliphatic rings. The second kappa shape index (κ2) is 6.63. The van der Waals surface area contributed by atoms with Crippen LogP contribution in [-0.4, -0.2) is 35.5 Å². The van der Waals surface area contributed by atoms with Crippen LogP contribution < -0.4 is 5.32 Å². The molecule has 1 heterocycles.